The van der Waals surface area contributed by atoms with Gasteiger partial charge in [-0.2, -0.15) is 5.10 Å². The number of benzene rings is 1. The predicted octanol–water partition coefficient (Wildman–Crippen LogP) is 1.44. The van der Waals surface area contributed by atoms with E-state index in [1.165, 1.54) is 0 Å². The van der Waals surface area contributed by atoms with E-state index in [-0.39, 0.29) is 11.9 Å². The summed E-state index contributed by atoms with van der Waals surface area (Å²) in [6.07, 6.45) is 3.72. The average Bonchev–Trinajstić information content (AvgIpc) is 3.04. The van der Waals surface area contributed by atoms with Crippen LogP contribution in [0.2, 0.25) is 0 Å². The van der Waals surface area contributed by atoms with E-state index < -0.39 is 0 Å². The number of aromatic nitrogens is 2. The van der Waals surface area contributed by atoms with E-state index in [2.05, 4.69) is 5.10 Å². The van der Waals surface area contributed by atoms with E-state index in [1.54, 1.807) is 29.0 Å². The predicted molar refractivity (Wildman–Crippen MR) is 83.2 cm³/mol. The van der Waals surface area contributed by atoms with Crippen molar-refractivity contribution in [2.45, 2.75) is 18.9 Å². The number of methoxy groups -OCH3 is 1. The highest BCUT2D eigenvalue weighted by Crippen LogP contribution is 2.16. The van der Waals surface area contributed by atoms with Crippen molar-refractivity contribution in [3.8, 4) is 11.4 Å². The molecule has 1 aliphatic heterocycles. The summed E-state index contributed by atoms with van der Waals surface area (Å²) in [5.41, 5.74) is 7.27. The molecule has 22 heavy (non-hydrogen) atoms. The number of nitrogens with two attached hydrogens (primary N) is 1. The molecule has 1 aliphatic rings. The number of amides is 1. The first-order valence-electron chi connectivity index (χ1n) is 7.42. The summed E-state index contributed by atoms with van der Waals surface area (Å²) in [7, 11) is 1.63. The maximum absolute atomic E-state index is 12.5. The molecular weight excluding hydrogens is 280 g/mol. The molecule has 2 aromatic rings. The average molecular weight is 300 g/mol. The Hall–Kier alpha value is -2.34. The number of nitrogens with zero attached hydrogens (tertiary/aromatic N) is 3. The van der Waals surface area contributed by atoms with Crippen LogP contribution in [0.3, 0.4) is 0 Å². The Morgan fingerprint density at radius 3 is 2.77 bits per heavy atom. The highest BCUT2D eigenvalue weighted by molar-refractivity contribution is 5.92. The SMILES string of the molecule is COc1ccc(-n2ccc(C(=O)N3CCC[C@@H](N)C3)n2)cc1. The lowest BCUT2D eigenvalue weighted by Crippen LogP contribution is -2.45. The smallest absolute Gasteiger partial charge is 0.274 e. The third kappa shape index (κ3) is 2.96. The Morgan fingerprint density at radius 1 is 1.32 bits per heavy atom. The second kappa shape index (κ2) is 6.19. The van der Waals surface area contributed by atoms with E-state index in [4.69, 9.17) is 10.5 Å². The molecule has 1 amide bonds. The van der Waals surface area contributed by atoms with Gasteiger partial charge in [0.05, 0.1) is 12.8 Å². The normalized spacial score (nSPS) is 18.3. The van der Waals surface area contributed by atoms with Crippen LogP contribution in [0.4, 0.5) is 0 Å². The van der Waals surface area contributed by atoms with Crippen molar-refractivity contribution in [1.29, 1.82) is 0 Å². The monoisotopic (exact) mass is 300 g/mol. The van der Waals surface area contributed by atoms with Crippen molar-refractivity contribution in [2.75, 3.05) is 20.2 Å². The molecule has 1 saturated heterocycles. The minimum absolute atomic E-state index is 0.0533. The molecule has 1 atom stereocenters. The number of ether oxygens (including phenoxy) is 1. The first-order chi connectivity index (χ1) is 10.7. The zero-order valence-electron chi connectivity index (χ0n) is 12.6. The molecule has 0 aliphatic carbocycles. The zero-order valence-corrected chi connectivity index (χ0v) is 12.6. The van der Waals surface area contributed by atoms with Gasteiger partial charge in [-0.05, 0) is 43.2 Å². The first kappa shape index (κ1) is 14.6. The van der Waals surface area contributed by atoms with Crippen LogP contribution in [-0.2, 0) is 0 Å². The van der Waals surface area contributed by atoms with Gasteiger partial charge in [0.1, 0.15) is 5.75 Å². The highest BCUT2D eigenvalue weighted by Gasteiger charge is 2.23. The Bertz CT molecular complexity index is 650. The lowest BCUT2D eigenvalue weighted by atomic mass is 10.1. The van der Waals surface area contributed by atoms with Crippen LogP contribution in [-0.4, -0.2) is 46.8 Å². The zero-order chi connectivity index (χ0) is 15.5. The summed E-state index contributed by atoms with van der Waals surface area (Å²) < 4.78 is 6.83. The summed E-state index contributed by atoms with van der Waals surface area (Å²) in [4.78, 5) is 14.3. The van der Waals surface area contributed by atoms with Gasteiger partial charge < -0.3 is 15.4 Å². The second-order valence-electron chi connectivity index (χ2n) is 5.50. The van der Waals surface area contributed by atoms with Crippen LogP contribution < -0.4 is 10.5 Å². The fourth-order valence-electron chi connectivity index (χ4n) is 2.67. The molecule has 0 bridgehead atoms. The van der Waals surface area contributed by atoms with Crippen LogP contribution in [0.1, 0.15) is 23.3 Å². The van der Waals surface area contributed by atoms with Crippen LogP contribution in [0.15, 0.2) is 36.5 Å². The van der Waals surface area contributed by atoms with Gasteiger partial charge in [-0.25, -0.2) is 4.68 Å². The highest BCUT2D eigenvalue weighted by atomic mass is 16.5. The molecule has 0 spiro atoms. The first-order valence-corrected chi connectivity index (χ1v) is 7.42. The second-order valence-corrected chi connectivity index (χ2v) is 5.50. The molecule has 0 saturated carbocycles. The molecular formula is C16H20N4O2. The van der Waals surface area contributed by atoms with E-state index >= 15 is 0 Å². The summed E-state index contributed by atoms with van der Waals surface area (Å²) in [5.74, 6) is 0.733. The van der Waals surface area contributed by atoms with Crippen LogP contribution in [0, 0.1) is 0 Å². The number of carbonyl (C=O) groups excluding carboxylic acids is 1. The summed E-state index contributed by atoms with van der Waals surface area (Å²) in [5, 5.41) is 4.38. The Balaban J connectivity index is 1.76. The van der Waals surface area contributed by atoms with Gasteiger partial charge in [-0.3, -0.25) is 4.79 Å². The van der Waals surface area contributed by atoms with Crippen molar-refractivity contribution in [3.63, 3.8) is 0 Å². The van der Waals surface area contributed by atoms with Crippen molar-refractivity contribution >= 4 is 5.91 Å². The van der Waals surface area contributed by atoms with Gasteiger partial charge >= 0.3 is 0 Å². The molecule has 0 radical (unpaired) electrons. The van der Waals surface area contributed by atoms with Gasteiger partial charge in [0.2, 0.25) is 0 Å². The van der Waals surface area contributed by atoms with Gasteiger partial charge in [0, 0.05) is 25.3 Å². The number of likely N-dealkylation sites (tertiary alicyclic amines) is 1. The topological polar surface area (TPSA) is 73.4 Å². The molecule has 1 fully saturated rings. The number of rotatable bonds is 3. The quantitative estimate of drug-likeness (QED) is 0.931. The van der Waals surface area contributed by atoms with E-state index in [0.717, 1.165) is 30.8 Å². The van der Waals surface area contributed by atoms with Gasteiger partial charge in [0.25, 0.3) is 5.91 Å². The van der Waals surface area contributed by atoms with E-state index in [9.17, 15) is 4.79 Å². The van der Waals surface area contributed by atoms with Crippen LogP contribution in [0.5, 0.6) is 5.75 Å². The van der Waals surface area contributed by atoms with Gasteiger partial charge in [0.15, 0.2) is 5.69 Å². The maximum Gasteiger partial charge on any atom is 0.274 e. The maximum atomic E-state index is 12.5. The molecule has 6 heteroatoms. The Labute approximate surface area is 129 Å². The minimum atomic E-state index is -0.0533. The number of hydrogen-bond donors (Lipinski definition) is 1. The molecule has 3 rings (SSSR count). The summed E-state index contributed by atoms with van der Waals surface area (Å²) >= 11 is 0. The van der Waals surface area contributed by atoms with Crippen molar-refractivity contribution in [2.24, 2.45) is 5.73 Å². The molecule has 1 aromatic carbocycles. The number of piperidine rings is 1. The molecule has 6 nitrogen and oxygen atoms in total. The molecule has 2 N–H and O–H groups in total. The van der Waals surface area contributed by atoms with Crippen LogP contribution in [0.25, 0.3) is 5.69 Å². The summed E-state index contributed by atoms with van der Waals surface area (Å²) in [6.45, 7) is 1.36. The third-order valence-corrected chi connectivity index (χ3v) is 3.89. The lowest BCUT2D eigenvalue weighted by molar-refractivity contribution is 0.0702. The summed E-state index contributed by atoms with van der Waals surface area (Å²) in [6, 6.07) is 9.34. The third-order valence-electron chi connectivity index (χ3n) is 3.89. The van der Waals surface area contributed by atoms with Crippen molar-refractivity contribution < 1.29 is 9.53 Å². The number of hydrogen-bond acceptors (Lipinski definition) is 4. The Morgan fingerprint density at radius 2 is 2.09 bits per heavy atom. The molecule has 0 unspecified atom stereocenters. The fourth-order valence-corrected chi connectivity index (χ4v) is 2.67. The van der Waals surface area contributed by atoms with Crippen molar-refractivity contribution in [3.05, 3.63) is 42.2 Å². The molecule has 116 valence electrons. The fraction of sp³-hybridized carbons (Fsp3) is 0.375. The number of carbonyl (C=O) groups is 1. The molecule has 2 heterocycles. The minimum Gasteiger partial charge on any atom is -0.497 e. The van der Waals surface area contributed by atoms with Gasteiger partial charge in [-0.15, -0.1) is 0 Å². The van der Waals surface area contributed by atoms with Gasteiger partial charge in [-0.1, -0.05) is 0 Å². The van der Waals surface area contributed by atoms with E-state index in [1.807, 2.05) is 24.3 Å². The van der Waals surface area contributed by atoms with Crippen LogP contribution >= 0.6 is 0 Å². The largest absolute Gasteiger partial charge is 0.497 e. The Kier molecular flexibility index (Phi) is 4.11. The van der Waals surface area contributed by atoms with E-state index in [0.29, 0.717) is 12.2 Å². The van der Waals surface area contributed by atoms with Crippen molar-refractivity contribution in [1.82, 2.24) is 14.7 Å². The standard InChI is InChI=1S/C16H20N4O2/c1-22-14-6-4-13(5-7-14)20-10-8-15(18-20)16(21)19-9-2-3-12(17)11-19/h4-8,10,12H,2-3,9,11,17H2,1H3/t12-/m1/s1. The lowest BCUT2D eigenvalue weighted by Gasteiger charge is -2.30. The molecule has 1 aromatic heterocycles.